The Labute approximate surface area is 177 Å². The highest BCUT2D eigenvalue weighted by molar-refractivity contribution is 5.97. The van der Waals surface area contributed by atoms with Gasteiger partial charge in [0.25, 0.3) is 37.5 Å². The van der Waals surface area contributed by atoms with E-state index in [2.05, 4.69) is 14.5 Å². The zero-order valence-corrected chi connectivity index (χ0v) is 16.1. The third kappa shape index (κ3) is 4.43. The molecule has 1 unspecified atom stereocenters. The largest absolute Gasteiger partial charge is 0.312 e. The van der Waals surface area contributed by atoms with E-state index in [1.807, 2.05) is 0 Å². The van der Waals surface area contributed by atoms with Crippen molar-refractivity contribution in [2.45, 2.75) is 19.2 Å². The van der Waals surface area contributed by atoms with Crippen LogP contribution in [0.2, 0.25) is 0 Å². The van der Waals surface area contributed by atoms with Crippen LogP contribution in [-0.2, 0) is 27.6 Å². The number of hydrogen-bond acceptors (Lipinski definition) is 13. The molecular weight excluding hydrogens is 458 g/mol. The lowest BCUT2D eigenvalue weighted by Crippen LogP contribution is -2.36. The van der Waals surface area contributed by atoms with E-state index in [4.69, 9.17) is 0 Å². The zero-order chi connectivity index (χ0) is 24.4. The van der Waals surface area contributed by atoms with Crippen molar-refractivity contribution in [3.8, 4) is 0 Å². The van der Waals surface area contributed by atoms with Crippen LogP contribution in [0.15, 0.2) is 31.3 Å². The molecular formula is C15H11N5O13. The summed E-state index contributed by atoms with van der Waals surface area (Å²) in [6.45, 7) is -2.80. The molecule has 3 rings (SSSR count). The smallest absolute Gasteiger partial charge is 0.294 e. The van der Waals surface area contributed by atoms with Crippen LogP contribution in [0.5, 0.6) is 0 Å². The van der Waals surface area contributed by atoms with Crippen molar-refractivity contribution >= 4 is 21.5 Å². The van der Waals surface area contributed by atoms with Crippen molar-refractivity contribution in [3.05, 3.63) is 83.9 Å². The van der Waals surface area contributed by atoms with Gasteiger partial charge in [0.2, 0.25) is 0 Å². The van der Waals surface area contributed by atoms with Crippen molar-refractivity contribution in [1.29, 1.82) is 0 Å². The molecule has 174 valence electrons. The number of hydrogen-bond donors (Lipinski definition) is 0. The fourth-order valence-electron chi connectivity index (χ4n) is 3.23. The number of rotatable bonds is 11. The topological polar surface area (TPSA) is 235 Å². The zero-order valence-electron chi connectivity index (χ0n) is 16.1. The molecule has 1 atom stereocenters. The van der Waals surface area contributed by atoms with Crippen LogP contribution in [0, 0.1) is 30.3 Å². The number of fused-ring (bicyclic) bond motifs is 2. The standard InChI is InChI=1S/C15H11N5O13/c21-12-8-3-10-11(4-9(8)13(22)16(12)1-2-31-18(25)26)15(24)17(14(10)23)5-7(33-20(29)30)6-32-19(27)28/h3-4,7H,1-2,5-6H2. The molecule has 0 saturated heterocycles. The first-order valence-electron chi connectivity index (χ1n) is 8.77. The number of benzene rings is 1. The minimum Gasteiger partial charge on any atom is -0.312 e. The van der Waals surface area contributed by atoms with Gasteiger partial charge < -0.3 is 14.5 Å². The maximum atomic E-state index is 12.7. The van der Waals surface area contributed by atoms with Crippen molar-refractivity contribution in [2.75, 3.05) is 13.2 Å². The van der Waals surface area contributed by atoms with Gasteiger partial charge in [0.05, 0.1) is 34.6 Å². The fourth-order valence-corrected chi connectivity index (χ4v) is 3.23. The third-order valence-corrected chi connectivity index (χ3v) is 4.56. The Morgan fingerprint density at radius 2 is 1.18 bits per heavy atom. The molecule has 1 aromatic carbocycles. The summed E-state index contributed by atoms with van der Waals surface area (Å²) in [6, 6.07) is 1.97. The number of aromatic nitrogens is 2. The first kappa shape index (κ1) is 22.8. The molecule has 0 amide bonds. The summed E-state index contributed by atoms with van der Waals surface area (Å²) in [6.07, 6.45) is -1.69. The molecule has 3 aromatic rings. The second-order valence-electron chi connectivity index (χ2n) is 6.45. The van der Waals surface area contributed by atoms with Gasteiger partial charge in [-0.3, -0.25) is 28.3 Å². The Hall–Kier alpha value is -4.90. The van der Waals surface area contributed by atoms with Crippen LogP contribution in [0.1, 0.15) is 0 Å². The second-order valence-corrected chi connectivity index (χ2v) is 6.45. The summed E-state index contributed by atoms with van der Waals surface area (Å²) >= 11 is 0. The molecule has 0 bridgehead atoms. The highest BCUT2D eigenvalue weighted by Gasteiger charge is 2.23. The van der Waals surface area contributed by atoms with Crippen LogP contribution in [0.3, 0.4) is 0 Å². The summed E-state index contributed by atoms with van der Waals surface area (Å²) in [5, 5.41) is 26.5. The Morgan fingerprint density at radius 1 is 0.727 bits per heavy atom. The number of nitrogens with zero attached hydrogens (tertiary/aromatic N) is 5. The van der Waals surface area contributed by atoms with E-state index in [-0.39, 0.29) is 21.5 Å². The molecule has 0 spiro atoms. The van der Waals surface area contributed by atoms with Crippen LogP contribution in [0.4, 0.5) is 0 Å². The Balaban J connectivity index is 2.05. The molecule has 18 nitrogen and oxygen atoms in total. The first-order valence-corrected chi connectivity index (χ1v) is 8.77. The van der Waals surface area contributed by atoms with E-state index in [1.165, 1.54) is 0 Å². The van der Waals surface area contributed by atoms with Crippen molar-refractivity contribution < 1.29 is 29.8 Å². The van der Waals surface area contributed by atoms with E-state index in [1.54, 1.807) is 0 Å². The molecule has 0 aliphatic rings. The van der Waals surface area contributed by atoms with Crippen molar-refractivity contribution in [1.82, 2.24) is 9.13 Å². The van der Waals surface area contributed by atoms with Gasteiger partial charge in [-0.1, -0.05) is 0 Å². The molecule has 0 N–H and O–H groups in total. The Kier molecular flexibility index (Phi) is 6.00. The van der Waals surface area contributed by atoms with E-state index in [9.17, 15) is 49.5 Å². The average molecular weight is 469 g/mol. The summed E-state index contributed by atoms with van der Waals surface area (Å²) in [7, 11) is 0. The van der Waals surface area contributed by atoms with Gasteiger partial charge in [0.15, 0.2) is 0 Å². The maximum Gasteiger partial charge on any atom is 0.294 e. The normalized spacial score (nSPS) is 12.0. The molecule has 0 saturated carbocycles. The quantitative estimate of drug-likeness (QED) is 0.216. The molecule has 2 aromatic heterocycles. The Morgan fingerprint density at radius 3 is 1.61 bits per heavy atom. The van der Waals surface area contributed by atoms with Gasteiger partial charge in [-0.15, -0.1) is 30.3 Å². The SMILES string of the molecule is O=c1c2cc3c(=O)n(CC(CO[N+](=O)[O-])O[N+](=O)[O-])c(=O)c3cc2c(=O)n1CCO[N+](=O)[O-]. The van der Waals surface area contributed by atoms with Gasteiger partial charge in [0, 0.05) is 0 Å². The average Bonchev–Trinajstić information content (AvgIpc) is 3.10. The van der Waals surface area contributed by atoms with Crippen LogP contribution in [-0.4, -0.2) is 43.7 Å². The summed E-state index contributed by atoms with van der Waals surface area (Å²) in [4.78, 5) is 93.8. The highest BCUT2D eigenvalue weighted by Crippen LogP contribution is 2.15. The van der Waals surface area contributed by atoms with E-state index in [0.29, 0.717) is 9.13 Å². The molecule has 0 aliphatic carbocycles. The van der Waals surface area contributed by atoms with Gasteiger partial charge in [-0.25, -0.2) is 0 Å². The highest BCUT2D eigenvalue weighted by atomic mass is 17.0. The molecule has 33 heavy (non-hydrogen) atoms. The first-order chi connectivity index (χ1) is 15.5. The molecule has 2 heterocycles. The lowest BCUT2D eigenvalue weighted by molar-refractivity contribution is -0.790. The lowest BCUT2D eigenvalue weighted by atomic mass is 10.1. The Bertz CT molecular complexity index is 1400. The molecule has 0 fully saturated rings. The predicted octanol–water partition coefficient (Wildman–Crippen LogP) is -2.09. The monoisotopic (exact) mass is 469 g/mol. The summed E-state index contributed by atoms with van der Waals surface area (Å²) < 4.78 is 1.14. The van der Waals surface area contributed by atoms with Gasteiger partial charge in [-0.2, -0.15) is 0 Å². The minimum atomic E-state index is -1.69. The van der Waals surface area contributed by atoms with E-state index in [0.717, 1.165) is 12.1 Å². The van der Waals surface area contributed by atoms with Crippen molar-refractivity contribution in [3.63, 3.8) is 0 Å². The van der Waals surface area contributed by atoms with Gasteiger partial charge in [0.1, 0.15) is 19.3 Å². The fraction of sp³-hybridized carbons (Fsp3) is 0.333. The summed E-state index contributed by atoms with van der Waals surface area (Å²) in [5.74, 6) is 0. The van der Waals surface area contributed by atoms with E-state index < -0.39 is 69.9 Å². The van der Waals surface area contributed by atoms with Crippen LogP contribution < -0.4 is 22.2 Å². The minimum absolute atomic E-state index is 0.238. The van der Waals surface area contributed by atoms with Crippen LogP contribution >= 0.6 is 0 Å². The molecule has 0 aliphatic heterocycles. The second kappa shape index (κ2) is 8.69. The van der Waals surface area contributed by atoms with Gasteiger partial charge in [-0.05, 0) is 12.1 Å². The lowest BCUT2D eigenvalue weighted by Gasteiger charge is -2.13. The van der Waals surface area contributed by atoms with Crippen molar-refractivity contribution in [2.24, 2.45) is 0 Å². The third-order valence-electron chi connectivity index (χ3n) is 4.56. The summed E-state index contributed by atoms with van der Waals surface area (Å²) in [5.41, 5.74) is -3.74. The molecule has 0 radical (unpaired) electrons. The maximum absolute atomic E-state index is 12.7. The predicted molar refractivity (Wildman–Crippen MR) is 103 cm³/mol. The van der Waals surface area contributed by atoms with Crippen LogP contribution in [0.25, 0.3) is 21.5 Å². The van der Waals surface area contributed by atoms with Gasteiger partial charge >= 0.3 is 0 Å². The molecule has 18 heteroatoms. The van der Waals surface area contributed by atoms with E-state index >= 15 is 0 Å².